The lowest BCUT2D eigenvalue weighted by molar-refractivity contribution is -0.129. The first kappa shape index (κ1) is 13.1. The first-order valence-corrected chi connectivity index (χ1v) is 7.05. The van der Waals surface area contributed by atoms with Crippen molar-refractivity contribution in [1.82, 2.24) is 0 Å². The van der Waals surface area contributed by atoms with Gasteiger partial charge >= 0.3 is 0 Å². The summed E-state index contributed by atoms with van der Waals surface area (Å²) in [6, 6.07) is 0. The smallest absolute Gasteiger partial charge is 0.227 e. The molecule has 0 N–H and O–H groups in total. The SMILES string of the molecule is CC(=O)CCCC12CCC(C(=O)Cl)(CC1)CC2. The Morgan fingerprint density at radius 2 is 1.59 bits per heavy atom. The molecule has 3 aliphatic rings. The van der Waals surface area contributed by atoms with E-state index in [2.05, 4.69) is 0 Å². The number of fused-ring (bicyclic) bond motifs is 3. The molecule has 3 rings (SSSR count). The second kappa shape index (κ2) is 4.72. The molecule has 0 radical (unpaired) electrons. The molecule has 3 heteroatoms. The fourth-order valence-electron chi connectivity index (χ4n) is 3.65. The van der Waals surface area contributed by atoms with Crippen molar-refractivity contribution < 1.29 is 9.59 Å². The number of ketones is 1. The van der Waals surface area contributed by atoms with Crippen LogP contribution in [0.1, 0.15) is 64.7 Å². The fraction of sp³-hybridized carbons (Fsp3) is 0.857. The van der Waals surface area contributed by atoms with E-state index in [1.54, 1.807) is 6.92 Å². The summed E-state index contributed by atoms with van der Waals surface area (Å²) < 4.78 is 0. The molecular weight excluding hydrogens is 236 g/mol. The van der Waals surface area contributed by atoms with Gasteiger partial charge in [0.05, 0.1) is 0 Å². The van der Waals surface area contributed by atoms with E-state index < -0.39 is 0 Å². The van der Waals surface area contributed by atoms with E-state index in [9.17, 15) is 9.59 Å². The Kier molecular flexibility index (Phi) is 3.63. The van der Waals surface area contributed by atoms with E-state index in [-0.39, 0.29) is 10.7 Å². The first-order chi connectivity index (χ1) is 7.98. The molecule has 0 aliphatic heterocycles. The quantitative estimate of drug-likeness (QED) is 0.700. The zero-order valence-electron chi connectivity index (χ0n) is 10.6. The summed E-state index contributed by atoms with van der Waals surface area (Å²) in [5.74, 6) is 0.290. The minimum Gasteiger partial charge on any atom is -0.300 e. The largest absolute Gasteiger partial charge is 0.300 e. The number of Topliss-reactive ketones (excluding diaryl/α,β-unsaturated/α-hetero) is 1. The van der Waals surface area contributed by atoms with Crippen LogP contribution in [0.4, 0.5) is 0 Å². The van der Waals surface area contributed by atoms with Crippen LogP contribution in [-0.4, -0.2) is 11.0 Å². The molecule has 0 amide bonds. The van der Waals surface area contributed by atoms with Gasteiger partial charge < -0.3 is 4.79 Å². The molecule has 0 aromatic carbocycles. The predicted octanol–water partition coefficient (Wildman–Crippen LogP) is 3.85. The van der Waals surface area contributed by atoms with Gasteiger partial charge in [0.15, 0.2) is 0 Å². The van der Waals surface area contributed by atoms with E-state index >= 15 is 0 Å². The number of rotatable bonds is 5. The van der Waals surface area contributed by atoms with Gasteiger partial charge in [-0.3, -0.25) is 4.79 Å². The monoisotopic (exact) mass is 256 g/mol. The molecule has 0 atom stereocenters. The second-order valence-corrected chi connectivity index (χ2v) is 6.45. The predicted molar refractivity (Wildman–Crippen MR) is 68.0 cm³/mol. The van der Waals surface area contributed by atoms with Gasteiger partial charge in [0.2, 0.25) is 5.24 Å². The van der Waals surface area contributed by atoms with Gasteiger partial charge in [-0.2, -0.15) is 0 Å². The third-order valence-corrected chi connectivity index (χ3v) is 5.46. The molecule has 0 unspecified atom stereocenters. The van der Waals surface area contributed by atoms with Gasteiger partial charge in [0.25, 0.3) is 0 Å². The van der Waals surface area contributed by atoms with Crippen molar-refractivity contribution >= 4 is 22.6 Å². The summed E-state index contributed by atoms with van der Waals surface area (Å²) in [5, 5.41) is -0.116. The normalized spacial score (nSPS) is 35.9. The third kappa shape index (κ3) is 2.57. The van der Waals surface area contributed by atoms with E-state index in [0.717, 1.165) is 51.4 Å². The number of carbonyl (C=O) groups excluding carboxylic acids is 2. The van der Waals surface area contributed by atoms with Crippen molar-refractivity contribution in [2.45, 2.75) is 64.7 Å². The summed E-state index contributed by atoms with van der Waals surface area (Å²) in [7, 11) is 0. The lowest BCUT2D eigenvalue weighted by Gasteiger charge is -2.52. The summed E-state index contributed by atoms with van der Waals surface area (Å²) in [5.41, 5.74) is 0.230. The summed E-state index contributed by atoms with van der Waals surface area (Å²) in [6.07, 6.45) is 9.16. The van der Waals surface area contributed by atoms with Crippen molar-refractivity contribution in [2.24, 2.45) is 10.8 Å². The number of hydrogen-bond donors (Lipinski definition) is 0. The molecule has 3 saturated carbocycles. The highest BCUT2D eigenvalue weighted by Crippen LogP contribution is 2.59. The van der Waals surface area contributed by atoms with Crippen LogP contribution in [-0.2, 0) is 9.59 Å². The Hall–Kier alpha value is -0.370. The average molecular weight is 257 g/mol. The third-order valence-electron chi connectivity index (χ3n) is 5.05. The van der Waals surface area contributed by atoms with Gasteiger partial charge in [-0.15, -0.1) is 0 Å². The first-order valence-electron chi connectivity index (χ1n) is 6.68. The summed E-state index contributed by atoms with van der Waals surface area (Å²) >= 11 is 5.75. The van der Waals surface area contributed by atoms with Gasteiger partial charge in [-0.25, -0.2) is 0 Å². The maximum atomic E-state index is 11.5. The molecule has 96 valence electrons. The van der Waals surface area contributed by atoms with Crippen LogP contribution >= 0.6 is 11.6 Å². The van der Waals surface area contributed by atoms with E-state index in [4.69, 9.17) is 11.6 Å². The summed E-state index contributed by atoms with van der Waals surface area (Å²) in [4.78, 5) is 22.5. The number of halogens is 1. The van der Waals surface area contributed by atoms with Crippen molar-refractivity contribution in [3.05, 3.63) is 0 Å². The highest BCUT2D eigenvalue weighted by atomic mass is 35.5. The molecule has 17 heavy (non-hydrogen) atoms. The molecule has 3 aliphatic carbocycles. The summed E-state index contributed by atoms with van der Waals surface area (Å²) in [6.45, 7) is 1.66. The van der Waals surface area contributed by atoms with Gasteiger partial charge in [0.1, 0.15) is 5.78 Å². The Morgan fingerprint density at radius 3 is 2.00 bits per heavy atom. The Morgan fingerprint density at radius 1 is 1.06 bits per heavy atom. The lowest BCUT2D eigenvalue weighted by Crippen LogP contribution is -2.44. The molecule has 0 saturated heterocycles. The maximum absolute atomic E-state index is 11.5. The Bertz CT molecular complexity index is 305. The zero-order valence-corrected chi connectivity index (χ0v) is 11.3. The molecule has 0 spiro atoms. The zero-order chi connectivity index (χ0) is 12.5. The molecule has 0 aromatic rings. The van der Waals surface area contributed by atoms with Gasteiger partial charge in [-0.1, -0.05) is 0 Å². The Balaban J connectivity index is 1.90. The number of carbonyl (C=O) groups is 2. The molecule has 2 bridgehead atoms. The standard InChI is InChI=1S/C14H21ClO2/c1-11(16)3-2-4-13-5-8-14(9-6-13,10-7-13)12(15)17/h2-10H2,1H3. The second-order valence-electron chi connectivity index (χ2n) is 6.11. The molecular formula is C14H21ClO2. The van der Waals surface area contributed by atoms with Crippen LogP contribution in [0.3, 0.4) is 0 Å². The fourth-order valence-corrected chi connectivity index (χ4v) is 3.93. The lowest BCUT2D eigenvalue weighted by atomic mass is 9.53. The van der Waals surface area contributed by atoms with Crippen molar-refractivity contribution in [3.63, 3.8) is 0 Å². The van der Waals surface area contributed by atoms with Crippen LogP contribution in [0, 0.1) is 10.8 Å². The minimum atomic E-state index is -0.191. The van der Waals surface area contributed by atoms with Crippen molar-refractivity contribution in [3.8, 4) is 0 Å². The van der Waals surface area contributed by atoms with Gasteiger partial charge in [-0.05, 0) is 75.3 Å². The maximum Gasteiger partial charge on any atom is 0.227 e. The molecule has 0 heterocycles. The van der Waals surface area contributed by atoms with Crippen molar-refractivity contribution in [2.75, 3.05) is 0 Å². The van der Waals surface area contributed by atoms with Crippen molar-refractivity contribution in [1.29, 1.82) is 0 Å². The van der Waals surface area contributed by atoms with E-state index in [0.29, 0.717) is 17.6 Å². The van der Waals surface area contributed by atoms with Crippen LogP contribution in [0.2, 0.25) is 0 Å². The molecule has 2 nitrogen and oxygen atoms in total. The average Bonchev–Trinajstić information content (AvgIpc) is 2.30. The highest BCUT2D eigenvalue weighted by molar-refractivity contribution is 6.64. The topological polar surface area (TPSA) is 34.1 Å². The Labute approximate surface area is 108 Å². The minimum absolute atomic E-state index is 0.116. The van der Waals surface area contributed by atoms with Crippen LogP contribution in [0.5, 0.6) is 0 Å². The van der Waals surface area contributed by atoms with Gasteiger partial charge in [0, 0.05) is 11.8 Å². The van der Waals surface area contributed by atoms with Crippen LogP contribution in [0.25, 0.3) is 0 Å². The van der Waals surface area contributed by atoms with Crippen LogP contribution in [0.15, 0.2) is 0 Å². The molecule has 0 aromatic heterocycles. The van der Waals surface area contributed by atoms with E-state index in [1.807, 2.05) is 0 Å². The number of hydrogen-bond acceptors (Lipinski definition) is 2. The highest BCUT2D eigenvalue weighted by Gasteiger charge is 2.51. The van der Waals surface area contributed by atoms with E-state index in [1.165, 1.54) is 0 Å². The molecule has 3 fully saturated rings. The van der Waals surface area contributed by atoms with Crippen LogP contribution < -0.4 is 0 Å².